The summed E-state index contributed by atoms with van der Waals surface area (Å²) in [4.78, 5) is 16.8. The number of nitriles is 1. The van der Waals surface area contributed by atoms with E-state index in [9.17, 15) is 4.79 Å². The third-order valence-corrected chi connectivity index (χ3v) is 5.78. The Morgan fingerprint density at radius 2 is 2.11 bits per heavy atom. The highest BCUT2D eigenvalue weighted by Crippen LogP contribution is 2.19. The first-order chi connectivity index (χ1) is 13.7. The third kappa shape index (κ3) is 4.97. The van der Waals surface area contributed by atoms with Crippen LogP contribution in [-0.4, -0.2) is 34.0 Å². The van der Waals surface area contributed by atoms with E-state index < -0.39 is 0 Å². The van der Waals surface area contributed by atoms with Gasteiger partial charge in [0, 0.05) is 41.7 Å². The van der Waals surface area contributed by atoms with Crippen LogP contribution in [0, 0.1) is 11.3 Å². The molecule has 0 aliphatic rings. The number of thioether (sulfide) groups is 2. The van der Waals surface area contributed by atoms with E-state index in [0.717, 1.165) is 27.9 Å². The molecule has 2 aromatic carbocycles. The summed E-state index contributed by atoms with van der Waals surface area (Å²) in [7, 11) is 0. The standard InChI is InChI=1S/C21H20N4OS2/c1-27-21-24-9-11-25(21)19-8-4-7-16(13-19)20(26)23-10-12-28-15-18-6-3-2-5-17(18)14-22/h2-9,11,13H,10,12,15H2,1H3,(H,23,26). The van der Waals surface area contributed by atoms with Gasteiger partial charge in [0.05, 0.1) is 11.6 Å². The molecule has 0 spiro atoms. The molecule has 3 aromatic rings. The molecule has 0 radical (unpaired) electrons. The Bertz CT molecular complexity index is 994. The van der Waals surface area contributed by atoms with E-state index in [-0.39, 0.29) is 5.91 Å². The first-order valence-electron chi connectivity index (χ1n) is 8.74. The van der Waals surface area contributed by atoms with Crippen LogP contribution in [0.5, 0.6) is 0 Å². The summed E-state index contributed by atoms with van der Waals surface area (Å²) in [5, 5.41) is 13.0. The average Bonchev–Trinajstić information content (AvgIpc) is 3.22. The molecule has 5 nitrogen and oxygen atoms in total. The van der Waals surface area contributed by atoms with Crippen LogP contribution < -0.4 is 5.32 Å². The van der Waals surface area contributed by atoms with Crippen LogP contribution in [0.2, 0.25) is 0 Å². The highest BCUT2D eigenvalue weighted by atomic mass is 32.2. The third-order valence-electron chi connectivity index (χ3n) is 4.10. The monoisotopic (exact) mass is 408 g/mol. The van der Waals surface area contributed by atoms with Gasteiger partial charge in [0.2, 0.25) is 0 Å². The van der Waals surface area contributed by atoms with E-state index in [1.807, 2.05) is 65.6 Å². The zero-order valence-corrected chi connectivity index (χ0v) is 17.1. The summed E-state index contributed by atoms with van der Waals surface area (Å²) in [5.74, 6) is 1.45. The first-order valence-corrected chi connectivity index (χ1v) is 11.1. The minimum atomic E-state index is -0.0920. The molecule has 3 rings (SSSR count). The van der Waals surface area contributed by atoms with Gasteiger partial charge in [-0.05, 0) is 36.1 Å². The molecule has 1 amide bonds. The lowest BCUT2D eigenvalue weighted by atomic mass is 10.1. The number of carbonyl (C=O) groups is 1. The Hall–Kier alpha value is -2.69. The van der Waals surface area contributed by atoms with Gasteiger partial charge in [-0.2, -0.15) is 17.0 Å². The van der Waals surface area contributed by atoms with Gasteiger partial charge in [-0.1, -0.05) is 36.0 Å². The lowest BCUT2D eigenvalue weighted by Gasteiger charge is -2.09. The highest BCUT2D eigenvalue weighted by Gasteiger charge is 2.09. The maximum atomic E-state index is 12.5. The highest BCUT2D eigenvalue weighted by molar-refractivity contribution is 7.98. The number of carbonyl (C=O) groups excluding carboxylic acids is 1. The van der Waals surface area contributed by atoms with Gasteiger partial charge in [0.25, 0.3) is 5.91 Å². The van der Waals surface area contributed by atoms with Crippen molar-refractivity contribution >= 4 is 29.4 Å². The minimum absolute atomic E-state index is 0.0920. The zero-order chi connectivity index (χ0) is 19.8. The van der Waals surface area contributed by atoms with Gasteiger partial charge in [-0.3, -0.25) is 9.36 Å². The Labute approximate surface area is 173 Å². The summed E-state index contributed by atoms with van der Waals surface area (Å²) in [6.07, 6.45) is 5.61. The van der Waals surface area contributed by atoms with Crippen LogP contribution in [0.15, 0.2) is 66.1 Å². The van der Waals surface area contributed by atoms with Crippen LogP contribution in [0.25, 0.3) is 5.69 Å². The smallest absolute Gasteiger partial charge is 0.251 e. The molecule has 1 aromatic heterocycles. The second-order valence-electron chi connectivity index (χ2n) is 5.91. The fraction of sp³-hybridized carbons (Fsp3) is 0.190. The van der Waals surface area contributed by atoms with Crippen molar-refractivity contribution in [2.45, 2.75) is 10.9 Å². The summed E-state index contributed by atoms with van der Waals surface area (Å²) in [6, 6.07) is 17.3. The number of amides is 1. The van der Waals surface area contributed by atoms with E-state index in [1.165, 1.54) is 0 Å². The van der Waals surface area contributed by atoms with Gasteiger partial charge >= 0.3 is 0 Å². The Kier molecular flexibility index (Phi) is 7.18. The molecule has 7 heteroatoms. The van der Waals surface area contributed by atoms with Gasteiger partial charge in [0.1, 0.15) is 0 Å². The van der Waals surface area contributed by atoms with Crippen molar-refractivity contribution in [2.24, 2.45) is 0 Å². The largest absolute Gasteiger partial charge is 0.351 e. The second kappa shape index (κ2) is 10.0. The van der Waals surface area contributed by atoms with E-state index in [4.69, 9.17) is 5.26 Å². The number of imidazole rings is 1. The molecule has 0 atom stereocenters. The van der Waals surface area contributed by atoms with Gasteiger partial charge in [-0.15, -0.1) is 0 Å². The fourth-order valence-electron chi connectivity index (χ4n) is 2.71. The van der Waals surface area contributed by atoms with Crippen molar-refractivity contribution in [3.8, 4) is 11.8 Å². The van der Waals surface area contributed by atoms with E-state index in [2.05, 4.69) is 16.4 Å². The molecular weight excluding hydrogens is 388 g/mol. The maximum Gasteiger partial charge on any atom is 0.251 e. The molecule has 0 aliphatic heterocycles. The van der Waals surface area contributed by atoms with Gasteiger partial charge in [0.15, 0.2) is 5.16 Å². The normalized spacial score (nSPS) is 10.4. The van der Waals surface area contributed by atoms with Crippen molar-refractivity contribution < 1.29 is 4.79 Å². The molecule has 0 aliphatic carbocycles. The number of rotatable bonds is 8. The molecule has 0 unspecified atom stereocenters. The number of nitrogens with one attached hydrogen (secondary N) is 1. The molecule has 0 saturated carbocycles. The lowest BCUT2D eigenvalue weighted by molar-refractivity contribution is 0.0956. The Morgan fingerprint density at radius 3 is 2.93 bits per heavy atom. The topological polar surface area (TPSA) is 70.7 Å². The first kappa shape index (κ1) is 20.1. The summed E-state index contributed by atoms with van der Waals surface area (Å²) in [5.41, 5.74) is 3.27. The molecule has 142 valence electrons. The summed E-state index contributed by atoms with van der Waals surface area (Å²) < 4.78 is 1.96. The number of hydrogen-bond donors (Lipinski definition) is 1. The minimum Gasteiger partial charge on any atom is -0.351 e. The van der Waals surface area contributed by atoms with Crippen LogP contribution in [0.1, 0.15) is 21.5 Å². The van der Waals surface area contributed by atoms with Crippen molar-refractivity contribution in [1.82, 2.24) is 14.9 Å². The molecule has 0 saturated heterocycles. The Morgan fingerprint density at radius 1 is 1.25 bits per heavy atom. The van der Waals surface area contributed by atoms with E-state index >= 15 is 0 Å². The lowest BCUT2D eigenvalue weighted by Crippen LogP contribution is -2.25. The molecule has 0 fully saturated rings. The van der Waals surface area contributed by atoms with Crippen LogP contribution in [0.4, 0.5) is 0 Å². The number of nitrogens with zero attached hydrogens (tertiary/aromatic N) is 3. The summed E-state index contributed by atoms with van der Waals surface area (Å²) >= 11 is 3.26. The second-order valence-corrected chi connectivity index (χ2v) is 7.79. The van der Waals surface area contributed by atoms with Crippen molar-refractivity contribution in [3.63, 3.8) is 0 Å². The molecule has 1 N–H and O–H groups in total. The number of aromatic nitrogens is 2. The van der Waals surface area contributed by atoms with Crippen LogP contribution >= 0.6 is 23.5 Å². The van der Waals surface area contributed by atoms with Crippen LogP contribution in [-0.2, 0) is 5.75 Å². The Balaban J connectivity index is 1.52. The van der Waals surface area contributed by atoms with Crippen molar-refractivity contribution in [1.29, 1.82) is 5.26 Å². The van der Waals surface area contributed by atoms with E-state index in [0.29, 0.717) is 17.7 Å². The van der Waals surface area contributed by atoms with Crippen LogP contribution in [0.3, 0.4) is 0 Å². The quantitative estimate of drug-likeness (QED) is 0.448. The van der Waals surface area contributed by atoms with E-state index in [1.54, 1.807) is 29.7 Å². The molecule has 28 heavy (non-hydrogen) atoms. The number of benzene rings is 2. The predicted molar refractivity (Wildman–Crippen MR) is 115 cm³/mol. The molecular formula is C21H20N4OS2. The SMILES string of the molecule is CSc1nccn1-c1cccc(C(=O)NCCSCc2ccccc2C#N)c1. The fourth-order valence-corrected chi connectivity index (χ4v) is 4.10. The zero-order valence-electron chi connectivity index (χ0n) is 15.5. The van der Waals surface area contributed by atoms with Gasteiger partial charge < -0.3 is 5.32 Å². The molecule has 0 bridgehead atoms. The van der Waals surface area contributed by atoms with Crippen molar-refractivity contribution in [3.05, 3.63) is 77.6 Å². The molecule has 1 heterocycles. The summed E-state index contributed by atoms with van der Waals surface area (Å²) in [6.45, 7) is 0.573. The maximum absolute atomic E-state index is 12.5. The average molecular weight is 409 g/mol. The van der Waals surface area contributed by atoms with Gasteiger partial charge in [-0.25, -0.2) is 4.98 Å². The van der Waals surface area contributed by atoms with Crippen molar-refractivity contribution in [2.75, 3.05) is 18.6 Å². The number of hydrogen-bond acceptors (Lipinski definition) is 5. The predicted octanol–water partition coefficient (Wildman–Crippen LogP) is 4.13.